The van der Waals surface area contributed by atoms with Gasteiger partial charge in [-0.3, -0.25) is 4.98 Å². The number of likely N-dealkylation sites (N-methyl/N-ethyl adjacent to an activating group) is 1. The summed E-state index contributed by atoms with van der Waals surface area (Å²) in [5.41, 5.74) is 11.6. The molecule has 3 aromatic rings. The van der Waals surface area contributed by atoms with Crippen LogP contribution in [0.25, 0.3) is 11.3 Å². The minimum Gasteiger partial charge on any atom is -0.389 e. The number of nitrogens with zero attached hydrogens (tertiary/aromatic N) is 3. The molecule has 0 bridgehead atoms. The first-order valence-electron chi connectivity index (χ1n) is 12.8. The number of hydrogen-bond acceptors (Lipinski definition) is 4. The summed E-state index contributed by atoms with van der Waals surface area (Å²) >= 11 is 0. The average molecular weight is 488 g/mol. The molecule has 0 saturated heterocycles. The smallest absolute Gasteiger partial charge is 0.0765 e. The maximum Gasteiger partial charge on any atom is 0.0765 e. The van der Waals surface area contributed by atoms with Crippen molar-refractivity contribution in [1.29, 1.82) is 0 Å². The summed E-state index contributed by atoms with van der Waals surface area (Å²) in [4.78, 5) is 9.94. The molecule has 2 aromatic carbocycles. The molecular formula is C32H45N3O. The number of pyridine rings is 1. The van der Waals surface area contributed by atoms with Gasteiger partial charge in [0.1, 0.15) is 0 Å². The first-order chi connectivity index (χ1) is 16.4. The van der Waals surface area contributed by atoms with Crippen LogP contribution >= 0.6 is 0 Å². The summed E-state index contributed by atoms with van der Waals surface area (Å²) in [6.07, 6.45) is 0.906. The predicted molar refractivity (Wildman–Crippen MR) is 155 cm³/mol. The Bertz CT molecular complexity index is 1200. The number of aliphatic hydroxyl groups is 1. The maximum atomic E-state index is 10.6. The van der Waals surface area contributed by atoms with Crippen molar-refractivity contribution in [3.8, 4) is 11.3 Å². The fraction of sp³-hybridized carbons (Fsp3) is 0.469. The van der Waals surface area contributed by atoms with Gasteiger partial charge in [-0.2, -0.15) is 0 Å². The molecule has 0 saturated carbocycles. The van der Waals surface area contributed by atoms with Gasteiger partial charge in [0, 0.05) is 61.3 Å². The monoisotopic (exact) mass is 487 g/mol. The standard InChI is InChI=1S/C31H41N3O.CH4/c1-20(2)24-13-12-21(3)28(16-24)34-15-14-26-25(18-34)29(33(8)19-31(6,7)35)17-27(32-26)30-22(4)10-9-11-23(30)5;/h9-13,16-17,20,35H,14-15,18-19H2,1-8H3;1H4. The summed E-state index contributed by atoms with van der Waals surface area (Å²) in [5, 5.41) is 10.6. The lowest BCUT2D eigenvalue weighted by molar-refractivity contribution is 0.0886. The lowest BCUT2D eigenvalue weighted by Crippen LogP contribution is -2.38. The van der Waals surface area contributed by atoms with Crippen LogP contribution in [0.5, 0.6) is 0 Å². The van der Waals surface area contributed by atoms with Gasteiger partial charge in [-0.25, -0.2) is 0 Å². The summed E-state index contributed by atoms with van der Waals surface area (Å²) < 4.78 is 0. The Morgan fingerprint density at radius 3 is 2.31 bits per heavy atom. The fourth-order valence-electron chi connectivity index (χ4n) is 5.38. The van der Waals surface area contributed by atoms with E-state index in [2.05, 4.69) is 93.9 Å². The second-order valence-electron chi connectivity index (χ2n) is 11.3. The third kappa shape index (κ3) is 5.75. The van der Waals surface area contributed by atoms with Gasteiger partial charge in [-0.05, 0) is 74.9 Å². The molecule has 0 unspecified atom stereocenters. The molecule has 1 aromatic heterocycles. The molecule has 36 heavy (non-hydrogen) atoms. The van der Waals surface area contributed by atoms with E-state index in [9.17, 15) is 5.11 Å². The zero-order valence-electron chi connectivity index (χ0n) is 22.7. The Morgan fingerprint density at radius 2 is 1.69 bits per heavy atom. The van der Waals surface area contributed by atoms with Crippen molar-refractivity contribution in [3.05, 3.63) is 76.0 Å². The molecular weight excluding hydrogens is 442 g/mol. The van der Waals surface area contributed by atoms with Crippen molar-refractivity contribution in [2.45, 2.75) is 80.4 Å². The molecule has 4 heteroatoms. The van der Waals surface area contributed by atoms with Gasteiger partial charge >= 0.3 is 0 Å². The third-order valence-corrected chi connectivity index (χ3v) is 7.17. The zero-order valence-corrected chi connectivity index (χ0v) is 22.7. The van der Waals surface area contributed by atoms with Crippen LogP contribution in [0.15, 0.2) is 42.5 Å². The highest BCUT2D eigenvalue weighted by molar-refractivity contribution is 5.74. The number of fused-ring (bicyclic) bond motifs is 1. The van der Waals surface area contributed by atoms with Gasteiger partial charge in [-0.15, -0.1) is 0 Å². The van der Waals surface area contributed by atoms with Gasteiger partial charge in [0.15, 0.2) is 0 Å². The van der Waals surface area contributed by atoms with Crippen LogP contribution < -0.4 is 9.80 Å². The van der Waals surface area contributed by atoms with E-state index >= 15 is 0 Å². The van der Waals surface area contributed by atoms with Crippen molar-refractivity contribution >= 4 is 11.4 Å². The molecule has 0 atom stereocenters. The molecule has 194 valence electrons. The molecule has 4 rings (SSSR count). The van der Waals surface area contributed by atoms with Crippen LogP contribution in [0.3, 0.4) is 0 Å². The van der Waals surface area contributed by atoms with E-state index in [0.29, 0.717) is 12.5 Å². The first kappa shape index (κ1) is 27.7. The largest absolute Gasteiger partial charge is 0.389 e. The van der Waals surface area contributed by atoms with Crippen LogP contribution in [-0.2, 0) is 13.0 Å². The van der Waals surface area contributed by atoms with Crippen molar-refractivity contribution in [2.75, 3.05) is 29.9 Å². The molecule has 4 nitrogen and oxygen atoms in total. The topological polar surface area (TPSA) is 39.6 Å². The SMILES string of the molecule is C.Cc1ccc(C(C)C)cc1N1CCc2nc(-c3c(C)cccc3C)cc(N(C)CC(C)(C)O)c2C1. The van der Waals surface area contributed by atoms with Gasteiger partial charge < -0.3 is 14.9 Å². The van der Waals surface area contributed by atoms with Crippen molar-refractivity contribution in [2.24, 2.45) is 0 Å². The number of rotatable bonds is 6. The van der Waals surface area contributed by atoms with Crippen LogP contribution in [0.2, 0.25) is 0 Å². The van der Waals surface area contributed by atoms with Gasteiger partial charge in [-0.1, -0.05) is 51.6 Å². The van der Waals surface area contributed by atoms with E-state index in [1.54, 1.807) is 0 Å². The number of anilines is 2. The van der Waals surface area contributed by atoms with E-state index in [4.69, 9.17) is 4.98 Å². The molecule has 1 aliphatic heterocycles. The number of benzene rings is 2. The zero-order chi connectivity index (χ0) is 25.5. The Labute approximate surface area is 219 Å². The van der Waals surface area contributed by atoms with Crippen LogP contribution in [0, 0.1) is 20.8 Å². The summed E-state index contributed by atoms with van der Waals surface area (Å²) in [6, 6.07) is 15.5. The van der Waals surface area contributed by atoms with E-state index < -0.39 is 5.60 Å². The Balaban J connectivity index is 0.00000361. The predicted octanol–water partition coefficient (Wildman–Crippen LogP) is 7.20. The number of aromatic nitrogens is 1. The van der Waals surface area contributed by atoms with Gasteiger partial charge in [0.2, 0.25) is 0 Å². The first-order valence-corrected chi connectivity index (χ1v) is 12.8. The van der Waals surface area contributed by atoms with E-state index in [0.717, 1.165) is 30.9 Å². The highest BCUT2D eigenvalue weighted by atomic mass is 16.3. The highest BCUT2D eigenvalue weighted by Crippen LogP contribution is 2.37. The van der Waals surface area contributed by atoms with Crippen molar-refractivity contribution in [1.82, 2.24) is 4.98 Å². The van der Waals surface area contributed by atoms with E-state index in [1.807, 2.05) is 13.8 Å². The average Bonchev–Trinajstić information content (AvgIpc) is 2.77. The highest BCUT2D eigenvalue weighted by Gasteiger charge is 2.27. The lowest BCUT2D eigenvalue weighted by atomic mass is 9.94. The summed E-state index contributed by atoms with van der Waals surface area (Å²) in [6.45, 7) is 17.1. The second kappa shape index (κ2) is 10.6. The normalized spacial score (nSPS) is 13.4. The van der Waals surface area contributed by atoms with Crippen LogP contribution in [-0.4, -0.2) is 35.8 Å². The summed E-state index contributed by atoms with van der Waals surface area (Å²) in [5.74, 6) is 0.501. The van der Waals surface area contributed by atoms with Crippen LogP contribution in [0.1, 0.15) is 74.6 Å². The minimum absolute atomic E-state index is 0. The van der Waals surface area contributed by atoms with Crippen LogP contribution in [0.4, 0.5) is 11.4 Å². The van der Waals surface area contributed by atoms with E-state index in [1.165, 1.54) is 44.8 Å². The summed E-state index contributed by atoms with van der Waals surface area (Å²) in [7, 11) is 2.09. The number of hydrogen-bond donors (Lipinski definition) is 1. The molecule has 0 amide bonds. The molecule has 0 aliphatic carbocycles. The molecule has 2 heterocycles. The molecule has 0 fully saturated rings. The van der Waals surface area contributed by atoms with Crippen molar-refractivity contribution in [3.63, 3.8) is 0 Å². The molecule has 0 radical (unpaired) electrons. The van der Waals surface area contributed by atoms with Gasteiger partial charge in [0.25, 0.3) is 0 Å². The molecule has 1 aliphatic rings. The van der Waals surface area contributed by atoms with Crippen molar-refractivity contribution < 1.29 is 5.11 Å². The fourth-order valence-corrected chi connectivity index (χ4v) is 5.38. The lowest BCUT2D eigenvalue weighted by Gasteiger charge is -2.36. The van der Waals surface area contributed by atoms with E-state index in [-0.39, 0.29) is 7.43 Å². The Hall–Kier alpha value is -2.85. The second-order valence-corrected chi connectivity index (χ2v) is 11.3. The van der Waals surface area contributed by atoms with Gasteiger partial charge in [0.05, 0.1) is 11.3 Å². The Kier molecular flexibility index (Phi) is 8.20. The molecule has 0 spiro atoms. The third-order valence-electron chi connectivity index (χ3n) is 7.17. The molecule has 1 N–H and O–H groups in total. The number of aryl methyl sites for hydroxylation is 3. The minimum atomic E-state index is -0.791. The Morgan fingerprint density at radius 1 is 1.03 bits per heavy atom. The quantitative estimate of drug-likeness (QED) is 0.399. The maximum absolute atomic E-state index is 10.6.